The predicted molar refractivity (Wildman–Crippen MR) is 90.8 cm³/mol. The van der Waals surface area contributed by atoms with Gasteiger partial charge in [0.1, 0.15) is 0 Å². The summed E-state index contributed by atoms with van der Waals surface area (Å²) in [6.07, 6.45) is 2.93. The Balaban J connectivity index is 1.72. The van der Waals surface area contributed by atoms with E-state index in [0.717, 1.165) is 25.7 Å². The first-order valence-electron chi connectivity index (χ1n) is 7.87. The molecule has 3 nitrogen and oxygen atoms in total. The van der Waals surface area contributed by atoms with Crippen molar-refractivity contribution >= 4 is 21.6 Å². The average molecular weight is 353 g/mol. The Morgan fingerprint density at radius 2 is 2.14 bits per heavy atom. The number of rotatable bonds is 4. The molecule has 1 unspecified atom stereocenters. The molecule has 2 aliphatic rings. The van der Waals surface area contributed by atoms with Crippen LogP contribution in [0.4, 0.5) is 5.69 Å². The molecule has 1 aromatic rings. The molecule has 0 aromatic heterocycles. The van der Waals surface area contributed by atoms with Gasteiger partial charge in [-0.2, -0.15) is 0 Å². The number of benzene rings is 1. The zero-order valence-corrected chi connectivity index (χ0v) is 14.7. The Hall–Kier alpha value is -0.580. The van der Waals surface area contributed by atoms with Crippen LogP contribution in [-0.2, 0) is 11.3 Å². The molecule has 3 rings (SSSR count). The van der Waals surface area contributed by atoms with Crippen LogP contribution in [0, 0.1) is 0 Å². The summed E-state index contributed by atoms with van der Waals surface area (Å²) in [5, 5.41) is 3.56. The van der Waals surface area contributed by atoms with Crippen molar-refractivity contribution in [2.45, 2.75) is 57.9 Å². The number of morpholine rings is 1. The van der Waals surface area contributed by atoms with E-state index >= 15 is 0 Å². The van der Waals surface area contributed by atoms with Crippen LogP contribution in [-0.4, -0.2) is 30.8 Å². The van der Waals surface area contributed by atoms with E-state index in [1.165, 1.54) is 28.6 Å². The number of anilines is 1. The second-order valence-electron chi connectivity index (χ2n) is 7.01. The van der Waals surface area contributed by atoms with Gasteiger partial charge in [-0.05, 0) is 67.2 Å². The normalized spacial score (nSPS) is 25.1. The third-order valence-corrected chi connectivity index (χ3v) is 4.73. The fourth-order valence-electron chi connectivity index (χ4n) is 3.10. The maximum absolute atomic E-state index is 5.99. The van der Waals surface area contributed by atoms with Crippen molar-refractivity contribution in [3.05, 3.63) is 28.2 Å². The van der Waals surface area contributed by atoms with Gasteiger partial charge in [-0.25, -0.2) is 0 Å². The van der Waals surface area contributed by atoms with Crippen LogP contribution in [0.3, 0.4) is 0 Å². The van der Waals surface area contributed by atoms with E-state index in [1.807, 2.05) is 0 Å². The van der Waals surface area contributed by atoms with Gasteiger partial charge in [-0.15, -0.1) is 0 Å². The molecule has 0 radical (unpaired) electrons. The van der Waals surface area contributed by atoms with Crippen LogP contribution in [0.15, 0.2) is 22.7 Å². The zero-order chi connectivity index (χ0) is 15.0. The summed E-state index contributed by atoms with van der Waals surface area (Å²) in [7, 11) is 0. The first-order valence-corrected chi connectivity index (χ1v) is 8.67. The van der Waals surface area contributed by atoms with Crippen LogP contribution >= 0.6 is 15.9 Å². The van der Waals surface area contributed by atoms with Crippen LogP contribution in [0.5, 0.6) is 0 Å². The monoisotopic (exact) mass is 352 g/mol. The Bertz CT molecular complexity index is 514. The van der Waals surface area contributed by atoms with Gasteiger partial charge in [0.15, 0.2) is 0 Å². The van der Waals surface area contributed by atoms with Gasteiger partial charge in [-0.3, -0.25) is 0 Å². The summed E-state index contributed by atoms with van der Waals surface area (Å²) in [5.41, 5.74) is 2.52. The number of nitrogens with zero attached hydrogens (tertiary/aromatic N) is 1. The molecule has 1 saturated carbocycles. The van der Waals surface area contributed by atoms with Crippen LogP contribution in [0.2, 0.25) is 0 Å². The zero-order valence-electron chi connectivity index (χ0n) is 13.2. The second-order valence-corrected chi connectivity index (χ2v) is 7.86. The minimum atomic E-state index is -0.0939. The molecule has 1 aromatic carbocycles. The SMILES string of the molecule is CC1CN(c2ccc(CNC3CC3)cc2Br)CC(C)(C)O1. The number of hydrogen-bond acceptors (Lipinski definition) is 3. The van der Waals surface area contributed by atoms with Crippen molar-refractivity contribution < 1.29 is 4.74 Å². The molecular formula is C17H25BrN2O. The quantitative estimate of drug-likeness (QED) is 0.893. The first kappa shape index (κ1) is 15.3. The van der Waals surface area contributed by atoms with Crippen molar-refractivity contribution in [2.24, 2.45) is 0 Å². The van der Waals surface area contributed by atoms with Crippen molar-refractivity contribution in [3.8, 4) is 0 Å². The lowest BCUT2D eigenvalue weighted by Gasteiger charge is -2.43. The molecule has 1 heterocycles. The highest BCUT2D eigenvalue weighted by molar-refractivity contribution is 9.10. The van der Waals surface area contributed by atoms with Crippen LogP contribution in [0.25, 0.3) is 0 Å². The van der Waals surface area contributed by atoms with Gasteiger partial charge in [0.2, 0.25) is 0 Å². The lowest BCUT2D eigenvalue weighted by molar-refractivity contribution is -0.0750. The fraction of sp³-hybridized carbons (Fsp3) is 0.647. The molecule has 21 heavy (non-hydrogen) atoms. The molecule has 1 aliphatic carbocycles. The maximum Gasteiger partial charge on any atom is 0.0805 e. The average Bonchev–Trinajstić information content (AvgIpc) is 3.17. The highest BCUT2D eigenvalue weighted by Gasteiger charge is 2.32. The maximum atomic E-state index is 5.99. The smallest absolute Gasteiger partial charge is 0.0805 e. The predicted octanol–water partition coefficient (Wildman–Crippen LogP) is 3.70. The molecule has 0 spiro atoms. The number of halogens is 1. The van der Waals surface area contributed by atoms with Crippen molar-refractivity contribution in [2.75, 3.05) is 18.0 Å². The number of ether oxygens (including phenoxy) is 1. The molecule has 116 valence electrons. The molecule has 2 fully saturated rings. The topological polar surface area (TPSA) is 24.5 Å². The summed E-state index contributed by atoms with van der Waals surface area (Å²) < 4.78 is 7.18. The molecule has 1 N–H and O–H groups in total. The molecule has 1 saturated heterocycles. The van der Waals surface area contributed by atoms with Gasteiger partial charge < -0.3 is 15.0 Å². The third-order valence-electron chi connectivity index (χ3n) is 4.09. The van der Waals surface area contributed by atoms with E-state index in [9.17, 15) is 0 Å². The van der Waals surface area contributed by atoms with Gasteiger partial charge in [0.25, 0.3) is 0 Å². The minimum absolute atomic E-state index is 0.0939. The van der Waals surface area contributed by atoms with E-state index < -0.39 is 0 Å². The Morgan fingerprint density at radius 1 is 1.38 bits per heavy atom. The number of hydrogen-bond donors (Lipinski definition) is 1. The van der Waals surface area contributed by atoms with Crippen molar-refractivity contribution in [3.63, 3.8) is 0 Å². The molecule has 1 atom stereocenters. The van der Waals surface area contributed by atoms with Gasteiger partial charge in [0, 0.05) is 30.1 Å². The van der Waals surface area contributed by atoms with Crippen molar-refractivity contribution in [1.29, 1.82) is 0 Å². The van der Waals surface area contributed by atoms with Crippen LogP contribution in [0.1, 0.15) is 39.2 Å². The lowest BCUT2D eigenvalue weighted by atomic mass is 10.0. The highest BCUT2D eigenvalue weighted by atomic mass is 79.9. The first-order chi connectivity index (χ1) is 9.93. The lowest BCUT2D eigenvalue weighted by Crippen LogP contribution is -2.52. The summed E-state index contributed by atoms with van der Waals surface area (Å²) in [5.74, 6) is 0. The largest absolute Gasteiger partial charge is 0.369 e. The van der Waals surface area contributed by atoms with Crippen LogP contribution < -0.4 is 10.2 Å². The molecule has 0 amide bonds. The van der Waals surface area contributed by atoms with Gasteiger partial charge >= 0.3 is 0 Å². The summed E-state index contributed by atoms with van der Waals surface area (Å²) in [6, 6.07) is 7.48. The second kappa shape index (κ2) is 5.90. The Kier molecular flexibility index (Phi) is 4.30. The Morgan fingerprint density at radius 3 is 2.76 bits per heavy atom. The van der Waals surface area contributed by atoms with Crippen molar-refractivity contribution in [1.82, 2.24) is 5.32 Å². The molecular weight excluding hydrogens is 328 g/mol. The minimum Gasteiger partial charge on any atom is -0.369 e. The Labute approximate surface area is 136 Å². The van der Waals surface area contributed by atoms with E-state index in [1.54, 1.807) is 0 Å². The number of nitrogens with one attached hydrogen (secondary N) is 1. The molecule has 0 bridgehead atoms. The van der Waals surface area contributed by atoms with E-state index in [0.29, 0.717) is 0 Å². The molecule has 4 heteroatoms. The highest BCUT2D eigenvalue weighted by Crippen LogP contribution is 2.32. The fourth-order valence-corrected chi connectivity index (χ4v) is 3.78. The van der Waals surface area contributed by atoms with E-state index in [4.69, 9.17) is 4.74 Å². The summed E-state index contributed by atoms with van der Waals surface area (Å²) >= 11 is 3.75. The van der Waals surface area contributed by atoms with Gasteiger partial charge in [-0.1, -0.05) is 6.07 Å². The van der Waals surface area contributed by atoms with E-state index in [2.05, 4.69) is 65.1 Å². The summed E-state index contributed by atoms with van der Waals surface area (Å²) in [6.45, 7) is 9.32. The molecule has 1 aliphatic heterocycles. The van der Waals surface area contributed by atoms with E-state index in [-0.39, 0.29) is 11.7 Å². The standard InChI is InChI=1S/C17H25BrN2O/c1-12-10-20(11-17(2,3)21-12)16-7-4-13(8-15(16)18)9-19-14-5-6-14/h4,7-8,12,14,19H,5-6,9-11H2,1-3H3. The summed E-state index contributed by atoms with van der Waals surface area (Å²) in [4.78, 5) is 2.43. The van der Waals surface area contributed by atoms with Gasteiger partial charge in [0.05, 0.1) is 17.4 Å². The third kappa shape index (κ3) is 3.99.